The van der Waals surface area contributed by atoms with Crippen molar-refractivity contribution in [3.8, 4) is 0 Å². The molecule has 25 heavy (non-hydrogen) atoms. The quantitative estimate of drug-likeness (QED) is 0.822. The molecule has 1 amide bonds. The lowest BCUT2D eigenvalue weighted by atomic mass is 9.90. The number of carboxylic acid groups (broad SMARTS) is 1. The molecule has 1 unspecified atom stereocenters. The summed E-state index contributed by atoms with van der Waals surface area (Å²) in [4.78, 5) is 25.8. The molecule has 2 aromatic rings. The summed E-state index contributed by atoms with van der Waals surface area (Å²) in [6, 6.07) is 7.63. The molecule has 1 aromatic heterocycles. The van der Waals surface area contributed by atoms with E-state index < -0.39 is 11.9 Å². The Bertz CT molecular complexity index is 790. The normalized spacial score (nSPS) is 16.8. The van der Waals surface area contributed by atoms with Gasteiger partial charge in [0.05, 0.1) is 11.7 Å². The van der Waals surface area contributed by atoms with Crippen molar-refractivity contribution >= 4 is 23.6 Å². The summed E-state index contributed by atoms with van der Waals surface area (Å²) in [6.07, 6.45) is 1.65. The predicted octanol–water partition coefficient (Wildman–Crippen LogP) is 2.16. The molecule has 8 heteroatoms. The minimum absolute atomic E-state index is 0.0935. The zero-order valence-electron chi connectivity index (χ0n) is 14.1. The Labute approximate surface area is 150 Å². The molecule has 1 aromatic carbocycles. The van der Waals surface area contributed by atoms with Crippen LogP contribution in [0.4, 0.5) is 0 Å². The van der Waals surface area contributed by atoms with E-state index in [0.29, 0.717) is 11.7 Å². The number of aromatic nitrogens is 3. The molecule has 1 aliphatic rings. The van der Waals surface area contributed by atoms with Gasteiger partial charge < -0.3 is 14.6 Å². The van der Waals surface area contributed by atoms with Gasteiger partial charge in [-0.05, 0) is 25.0 Å². The summed E-state index contributed by atoms with van der Waals surface area (Å²) in [5, 5.41) is 18.1. The molecule has 1 N–H and O–H groups in total. The maximum Gasteiger partial charge on any atom is 0.312 e. The van der Waals surface area contributed by atoms with E-state index in [4.69, 9.17) is 0 Å². The highest BCUT2D eigenvalue weighted by molar-refractivity contribution is 7.99. The second kappa shape index (κ2) is 7.26. The minimum Gasteiger partial charge on any atom is -0.481 e. The van der Waals surface area contributed by atoms with E-state index in [-0.39, 0.29) is 24.2 Å². The second-order valence-electron chi connectivity index (χ2n) is 6.27. The van der Waals surface area contributed by atoms with Crippen LogP contribution in [0.15, 0.2) is 35.7 Å². The Morgan fingerprint density at radius 2 is 2.12 bits per heavy atom. The van der Waals surface area contributed by atoms with Crippen molar-refractivity contribution in [3.63, 3.8) is 0 Å². The molecule has 0 saturated heterocycles. The van der Waals surface area contributed by atoms with Gasteiger partial charge >= 0.3 is 5.97 Å². The number of benzene rings is 1. The number of fused-ring (bicyclic) bond motifs is 1. The molecule has 0 aliphatic carbocycles. The number of carbonyl (C=O) groups excluding carboxylic acids is 1. The van der Waals surface area contributed by atoms with Gasteiger partial charge in [-0.3, -0.25) is 9.59 Å². The number of carboxylic acids is 1. The third kappa shape index (κ3) is 3.68. The van der Waals surface area contributed by atoms with Gasteiger partial charge in [0.15, 0.2) is 5.16 Å². The fourth-order valence-electron chi connectivity index (χ4n) is 2.92. The first-order valence-electron chi connectivity index (χ1n) is 8.08. The van der Waals surface area contributed by atoms with Gasteiger partial charge in [-0.25, -0.2) is 0 Å². The number of carbonyl (C=O) groups is 2. The summed E-state index contributed by atoms with van der Waals surface area (Å²) in [7, 11) is 0. The molecule has 132 valence electrons. The van der Waals surface area contributed by atoms with Crippen LogP contribution in [-0.4, -0.2) is 48.9 Å². The molecular formula is C17H20N4O3S. The van der Waals surface area contributed by atoms with Crippen LogP contribution in [0.5, 0.6) is 0 Å². The highest BCUT2D eigenvalue weighted by Gasteiger charge is 2.32. The van der Waals surface area contributed by atoms with Crippen molar-refractivity contribution in [1.82, 2.24) is 19.7 Å². The van der Waals surface area contributed by atoms with Crippen molar-refractivity contribution in [1.29, 1.82) is 0 Å². The van der Waals surface area contributed by atoms with E-state index in [0.717, 1.165) is 11.1 Å². The molecule has 0 radical (unpaired) electrons. The van der Waals surface area contributed by atoms with Crippen LogP contribution < -0.4 is 0 Å². The SMILES string of the molecule is CC(C)n1cnnc1SCC(=O)N1Cc2ccccc2C(C(=O)O)C1. The molecule has 0 saturated carbocycles. The van der Waals surface area contributed by atoms with Crippen molar-refractivity contribution in [2.45, 2.75) is 37.5 Å². The number of hydrogen-bond donors (Lipinski definition) is 1. The van der Waals surface area contributed by atoms with Crippen molar-refractivity contribution in [2.24, 2.45) is 0 Å². The topological polar surface area (TPSA) is 88.3 Å². The average molecular weight is 360 g/mol. The smallest absolute Gasteiger partial charge is 0.312 e. The molecule has 3 rings (SSSR count). The Morgan fingerprint density at radius 1 is 1.36 bits per heavy atom. The Hall–Kier alpha value is -2.35. The van der Waals surface area contributed by atoms with E-state index >= 15 is 0 Å². The summed E-state index contributed by atoms with van der Waals surface area (Å²) < 4.78 is 1.91. The van der Waals surface area contributed by atoms with E-state index in [1.165, 1.54) is 11.8 Å². The number of thioether (sulfide) groups is 1. The first-order chi connectivity index (χ1) is 12.0. The third-order valence-electron chi connectivity index (χ3n) is 4.27. The Morgan fingerprint density at radius 3 is 2.84 bits per heavy atom. The standard InChI is InChI=1S/C17H20N4O3S/c1-11(2)21-10-18-19-17(21)25-9-15(22)20-7-12-5-3-4-6-13(12)14(8-20)16(23)24/h3-6,10-11,14H,7-9H2,1-2H3,(H,23,24). The molecule has 1 atom stereocenters. The fourth-order valence-corrected chi connectivity index (χ4v) is 3.86. The molecule has 0 bridgehead atoms. The van der Waals surface area contributed by atoms with Crippen molar-refractivity contribution in [3.05, 3.63) is 41.7 Å². The first kappa shape index (κ1) is 17.5. The van der Waals surface area contributed by atoms with Gasteiger partial charge in [-0.2, -0.15) is 0 Å². The van der Waals surface area contributed by atoms with Gasteiger partial charge in [-0.1, -0.05) is 36.0 Å². The molecule has 2 heterocycles. The number of hydrogen-bond acceptors (Lipinski definition) is 5. The Kier molecular flexibility index (Phi) is 5.08. The largest absolute Gasteiger partial charge is 0.481 e. The van der Waals surface area contributed by atoms with Crippen LogP contribution in [0.3, 0.4) is 0 Å². The highest BCUT2D eigenvalue weighted by atomic mass is 32.2. The highest BCUT2D eigenvalue weighted by Crippen LogP contribution is 2.29. The van der Waals surface area contributed by atoms with Gasteiger partial charge in [0, 0.05) is 19.1 Å². The number of aliphatic carboxylic acids is 1. The monoisotopic (exact) mass is 360 g/mol. The molecule has 7 nitrogen and oxygen atoms in total. The number of rotatable bonds is 5. The van der Waals surface area contributed by atoms with Gasteiger partial charge in [0.25, 0.3) is 0 Å². The second-order valence-corrected chi connectivity index (χ2v) is 7.21. The van der Waals surface area contributed by atoms with E-state index in [1.807, 2.05) is 42.7 Å². The van der Waals surface area contributed by atoms with E-state index in [2.05, 4.69) is 10.2 Å². The van der Waals surface area contributed by atoms with Gasteiger partial charge in [-0.15, -0.1) is 10.2 Å². The lowest BCUT2D eigenvalue weighted by molar-refractivity contribution is -0.140. The van der Waals surface area contributed by atoms with Crippen molar-refractivity contribution < 1.29 is 14.7 Å². The van der Waals surface area contributed by atoms with Crippen molar-refractivity contribution in [2.75, 3.05) is 12.3 Å². The average Bonchev–Trinajstić information content (AvgIpc) is 3.07. The van der Waals surface area contributed by atoms with Crippen LogP contribution in [0.2, 0.25) is 0 Å². The van der Waals surface area contributed by atoms with Crippen LogP contribution in [0, 0.1) is 0 Å². The zero-order valence-corrected chi connectivity index (χ0v) is 14.9. The zero-order chi connectivity index (χ0) is 18.0. The third-order valence-corrected chi connectivity index (χ3v) is 5.21. The lowest BCUT2D eigenvalue weighted by Crippen LogP contribution is -2.41. The van der Waals surface area contributed by atoms with Gasteiger partial charge in [0.1, 0.15) is 6.33 Å². The lowest BCUT2D eigenvalue weighted by Gasteiger charge is -2.32. The van der Waals surface area contributed by atoms with E-state index in [9.17, 15) is 14.7 Å². The molecule has 1 aliphatic heterocycles. The maximum absolute atomic E-state index is 12.6. The van der Waals surface area contributed by atoms with Crippen LogP contribution in [0.25, 0.3) is 0 Å². The van der Waals surface area contributed by atoms with Crippen LogP contribution >= 0.6 is 11.8 Å². The summed E-state index contributed by atoms with van der Waals surface area (Å²) in [5.41, 5.74) is 1.69. The van der Waals surface area contributed by atoms with Crippen LogP contribution in [-0.2, 0) is 16.1 Å². The molecular weight excluding hydrogens is 340 g/mol. The molecule has 0 spiro atoms. The summed E-state index contributed by atoms with van der Waals surface area (Å²) in [5.74, 6) is -1.47. The fraction of sp³-hybridized carbons (Fsp3) is 0.412. The van der Waals surface area contributed by atoms with E-state index in [1.54, 1.807) is 11.2 Å². The van der Waals surface area contributed by atoms with Crippen LogP contribution in [0.1, 0.15) is 36.9 Å². The maximum atomic E-state index is 12.6. The first-order valence-corrected chi connectivity index (χ1v) is 9.06. The number of amides is 1. The number of nitrogens with zero attached hydrogens (tertiary/aromatic N) is 4. The Balaban J connectivity index is 1.71. The molecule has 0 fully saturated rings. The summed E-state index contributed by atoms with van der Waals surface area (Å²) >= 11 is 1.33. The predicted molar refractivity (Wildman–Crippen MR) is 93.4 cm³/mol. The minimum atomic E-state index is -0.905. The van der Waals surface area contributed by atoms with Gasteiger partial charge in [0.2, 0.25) is 5.91 Å². The summed E-state index contributed by atoms with van der Waals surface area (Å²) in [6.45, 7) is 4.68.